The topological polar surface area (TPSA) is 12.0 Å². The summed E-state index contributed by atoms with van der Waals surface area (Å²) in [4.78, 5) is 0. The third-order valence-electron chi connectivity index (χ3n) is 4.54. The number of hydrogen-bond acceptors (Lipinski definition) is 1. The second-order valence-corrected chi connectivity index (χ2v) is 7.64. The number of nitrogens with one attached hydrogen (secondary N) is 1. The Morgan fingerprint density at radius 3 is 2.35 bits per heavy atom. The SMILES string of the molecule is CCCNC(C1CCCCC1(C)C)C(C)(C)C. The molecule has 0 heterocycles. The predicted octanol–water partition coefficient (Wildman–Crippen LogP) is 4.62. The van der Waals surface area contributed by atoms with Crippen LogP contribution >= 0.6 is 0 Å². The second kappa shape index (κ2) is 5.73. The van der Waals surface area contributed by atoms with Crippen molar-refractivity contribution in [3.63, 3.8) is 0 Å². The van der Waals surface area contributed by atoms with Crippen LogP contribution in [0.15, 0.2) is 0 Å². The molecule has 0 aromatic carbocycles. The molecule has 1 aliphatic rings. The van der Waals surface area contributed by atoms with Crippen molar-refractivity contribution in [1.82, 2.24) is 5.32 Å². The smallest absolute Gasteiger partial charge is 0.0149 e. The molecule has 1 nitrogen and oxygen atoms in total. The highest BCUT2D eigenvalue weighted by Crippen LogP contribution is 2.45. The van der Waals surface area contributed by atoms with Crippen LogP contribution in [0.2, 0.25) is 0 Å². The summed E-state index contributed by atoms with van der Waals surface area (Å²) in [5.74, 6) is 0.836. The Labute approximate surface area is 109 Å². The third-order valence-corrected chi connectivity index (χ3v) is 4.54. The van der Waals surface area contributed by atoms with Gasteiger partial charge in [0.05, 0.1) is 0 Å². The average molecular weight is 239 g/mol. The summed E-state index contributed by atoms with van der Waals surface area (Å²) in [7, 11) is 0. The maximum Gasteiger partial charge on any atom is 0.0149 e. The lowest BCUT2D eigenvalue weighted by molar-refractivity contribution is 0.0511. The van der Waals surface area contributed by atoms with E-state index in [0.717, 1.165) is 12.5 Å². The Morgan fingerprint density at radius 1 is 1.24 bits per heavy atom. The van der Waals surface area contributed by atoms with Crippen molar-refractivity contribution in [2.24, 2.45) is 16.7 Å². The minimum Gasteiger partial charge on any atom is -0.313 e. The molecule has 1 N–H and O–H groups in total. The fourth-order valence-electron chi connectivity index (χ4n) is 3.49. The highest BCUT2D eigenvalue weighted by Gasteiger charge is 2.41. The zero-order chi connectivity index (χ0) is 13.1. The quantitative estimate of drug-likeness (QED) is 0.755. The van der Waals surface area contributed by atoms with Crippen molar-refractivity contribution in [2.45, 2.75) is 79.7 Å². The van der Waals surface area contributed by atoms with E-state index in [4.69, 9.17) is 0 Å². The molecule has 1 heteroatoms. The molecule has 0 saturated heterocycles. The van der Waals surface area contributed by atoms with E-state index in [2.05, 4.69) is 46.9 Å². The molecule has 1 rings (SSSR count). The Kier molecular flexibility index (Phi) is 5.07. The van der Waals surface area contributed by atoms with E-state index < -0.39 is 0 Å². The van der Waals surface area contributed by atoms with Crippen LogP contribution < -0.4 is 5.32 Å². The van der Waals surface area contributed by atoms with Gasteiger partial charge in [0.25, 0.3) is 0 Å². The number of hydrogen-bond donors (Lipinski definition) is 1. The van der Waals surface area contributed by atoms with Gasteiger partial charge in [-0.15, -0.1) is 0 Å². The van der Waals surface area contributed by atoms with Crippen LogP contribution in [0.5, 0.6) is 0 Å². The molecule has 2 atom stereocenters. The van der Waals surface area contributed by atoms with E-state index in [0.29, 0.717) is 16.9 Å². The molecule has 0 radical (unpaired) electrons. The summed E-state index contributed by atoms with van der Waals surface area (Å²) in [6.07, 6.45) is 6.89. The molecule has 0 aliphatic heterocycles. The Morgan fingerprint density at radius 2 is 1.88 bits per heavy atom. The van der Waals surface area contributed by atoms with Crippen molar-refractivity contribution in [1.29, 1.82) is 0 Å². The Hall–Kier alpha value is -0.0400. The van der Waals surface area contributed by atoms with Crippen molar-refractivity contribution in [3.05, 3.63) is 0 Å². The van der Waals surface area contributed by atoms with Crippen LogP contribution in [0.1, 0.15) is 73.6 Å². The van der Waals surface area contributed by atoms with Crippen molar-refractivity contribution in [3.8, 4) is 0 Å². The first-order chi connectivity index (χ1) is 7.79. The largest absolute Gasteiger partial charge is 0.313 e. The Bertz CT molecular complexity index is 224. The van der Waals surface area contributed by atoms with E-state index in [9.17, 15) is 0 Å². The lowest BCUT2D eigenvalue weighted by Crippen LogP contribution is -2.51. The average Bonchev–Trinajstić information content (AvgIpc) is 2.18. The summed E-state index contributed by atoms with van der Waals surface area (Å²) in [5.41, 5.74) is 0.880. The van der Waals surface area contributed by atoms with Crippen LogP contribution in [-0.2, 0) is 0 Å². The van der Waals surface area contributed by atoms with Gasteiger partial charge in [0.15, 0.2) is 0 Å². The van der Waals surface area contributed by atoms with E-state index in [-0.39, 0.29) is 0 Å². The van der Waals surface area contributed by atoms with E-state index in [1.165, 1.54) is 32.1 Å². The molecular formula is C16H33N. The molecular weight excluding hydrogens is 206 g/mol. The van der Waals surface area contributed by atoms with Gasteiger partial charge in [-0.25, -0.2) is 0 Å². The van der Waals surface area contributed by atoms with Gasteiger partial charge in [0.2, 0.25) is 0 Å². The molecule has 1 saturated carbocycles. The van der Waals surface area contributed by atoms with Crippen LogP contribution in [0, 0.1) is 16.7 Å². The first-order valence-corrected chi connectivity index (χ1v) is 7.52. The normalized spacial score (nSPS) is 26.8. The van der Waals surface area contributed by atoms with E-state index in [1.807, 2.05) is 0 Å². The fourth-order valence-corrected chi connectivity index (χ4v) is 3.49. The lowest BCUT2D eigenvalue weighted by atomic mass is 9.61. The van der Waals surface area contributed by atoms with Gasteiger partial charge >= 0.3 is 0 Å². The molecule has 102 valence electrons. The molecule has 0 spiro atoms. The van der Waals surface area contributed by atoms with Gasteiger partial charge < -0.3 is 5.32 Å². The van der Waals surface area contributed by atoms with E-state index in [1.54, 1.807) is 0 Å². The standard InChI is InChI=1S/C16H33N/c1-7-12-17-14(15(2,3)4)13-10-8-9-11-16(13,5)6/h13-14,17H,7-12H2,1-6H3. The molecule has 1 fully saturated rings. The summed E-state index contributed by atoms with van der Waals surface area (Å²) >= 11 is 0. The summed E-state index contributed by atoms with van der Waals surface area (Å²) < 4.78 is 0. The molecule has 0 bridgehead atoms. The molecule has 0 aromatic heterocycles. The maximum absolute atomic E-state index is 3.83. The molecule has 1 aliphatic carbocycles. The summed E-state index contributed by atoms with van der Waals surface area (Å²) in [6, 6.07) is 0.665. The van der Waals surface area contributed by atoms with E-state index >= 15 is 0 Å². The van der Waals surface area contributed by atoms with Gasteiger partial charge in [0, 0.05) is 6.04 Å². The van der Waals surface area contributed by atoms with Gasteiger partial charge in [-0.1, -0.05) is 54.4 Å². The first kappa shape index (κ1) is 15.0. The fraction of sp³-hybridized carbons (Fsp3) is 1.00. The van der Waals surface area contributed by atoms with Crippen molar-refractivity contribution in [2.75, 3.05) is 6.54 Å². The van der Waals surface area contributed by atoms with Crippen LogP contribution in [0.25, 0.3) is 0 Å². The van der Waals surface area contributed by atoms with Gasteiger partial charge in [-0.05, 0) is 42.6 Å². The summed E-state index contributed by atoms with van der Waals surface area (Å²) in [6.45, 7) is 15.6. The number of rotatable bonds is 4. The maximum atomic E-state index is 3.83. The van der Waals surface area contributed by atoms with Crippen molar-refractivity contribution < 1.29 is 0 Å². The minimum atomic E-state index is 0.369. The zero-order valence-corrected chi connectivity index (χ0v) is 12.9. The first-order valence-electron chi connectivity index (χ1n) is 7.52. The van der Waals surface area contributed by atoms with Gasteiger partial charge in [-0.2, -0.15) is 0 Å². The van der Waals surface area contributed by atoms with Crippen molar-refractivity contribution >= 4 is 0 Å². The second-order valence-electron chi connectivity index (χ2n) is 7.64. The molecule has 0 aromatic rings. The third kappa shape index (κ3) is 3.98. The van der Waals surface area contributed by atoms with Crippen LogP contribution in [-0.4, -0.2) is 12.6 Å². The van der Waals surface area contributed by atoms with Gasteiger partial charge in [-0.3, -0.25) is 0 Å². The zero-order valence-electron chi connectivity index (χ0n) is 12.9. The van der Waals surface area contributed by atoms with Gasteiger partial charge in [0.1, 0.15) is 0 Å². The Balaban J connectivity index is 2.80. The molecule has 2 unspecified atom stereocenters. The highest BCUT2D eigenvalue weighted by atomic mass is 14.9. The monoisotopic (exact) mass is 239 g/mol. The lowest BCUT2D eigenvalue weighted by Gasteiger charge is -2.48. The molecule has 17 heavy (non-hydrogen) atoms. The molecule has 0 amide bonds. The van der Waals surface area contributed by atoms with Crippen LogP contribution in [0.4, 0.5) is 0 Å². The van der Waals surface area contributed by atoms with Crippen LogP contribution in [0.3, 0.4) is 0 Å². The minimum absolute atomic E-state index is 0.369. The highest BCUT2D eigenvalue weighted by molar-refractivity contribution is 4.95. The summed E-state index contributed by atoms with van der Waals surface area (Å²) in [5, 5.41) is 3.83. The predicted molar refractivity (Wildman–Crippen MR) is 77.3 cm³/mol.